The lowest BCUT2D eigenvalue weighted by atomic mass is 9.66. The molecule has 2 heterocycles. The van der Waals surface area contributed by atoms with Gasteiger partial charge in [0.1, 0.15) is 0 Å². The van der Waals surface area contributed by atoms with Crippen LogP contribution in [-0.2, 0) is 9.59 Å². The molecule has 1 aliphatic carbocycles. The third-order valence-electron chi connectivity index (χ3n) is 5.75. The number of carbonyl (C=O) groups excluding carboxylic acids is 1. The highest BCUT2D eigenvalue weighted by molar-refractivity contribution is 5.93. The molecule has 4 rings (SSSR count). The van der Waals surface area contributed by atoms with Crippen LogP contribution in [0.1, 0.15) is 37.7 Å². The minimum absolute atomic E-state index is 0.0312. The zero-order chi connectivity index (χ0) is 17.4. The largest absolute Gasteiger partial charge is 0.481 e. The van der Waals surface area contributed by atoms with Gasteiger partial charge in [0.15, 0.2) is 0 Å². The summed E-state index contributed by atoms with van der Waals surface area (Å²) in [5, 5.41) is 10.6. The molecule has 2 N–H and O–H groups in total. The molecule has 0 spiro atoms. The Hall–Kier alpha value is -2.56. The van der Waals surface area contributed by atoms with Gasteiger partial charge in [-0.2, -0.15) is 0 Å². The second kappa shape index (κ2) is 6.06. The summed E-state index contributed by atoms with van der Waals surface area (Å²) in [4.78, 5) is 29.1. The number of fused-ring (bicyclic) bond motifs is 1. The van der Waals surface area contributed by atoms with E-state index in [1.54, 1.807) is 4.90 Å². The molecule has 1 aromatic heterocycles. The van der Waals surface area contributed by atoms with Gasteiger partial charge in [-0.15, -0.1) is 0 Å². The molecule has 1 aromatic carbocycles. The first-order chi connectivity index (χ1) is 12.1. The van der Waals surface area contributed by atoms with Crippen molar-refractivity contribution < 1.29 is 14.7 Å². The number of benzene rings is 1. The van der Waals surface area contributed by atoms with E-state index in [0.29, 0.717) is 25.9 Å². The molecule has 2 aliphatic rings. The lowest BCUT2D eigenvalue weighted by Crippen LogP contribution is -2.44. The van der Waals surface area contributed by atoms with Gasteiger partial charge in [-0.05, 0) is 30.9 Å². The topological polar surface area (TPSA) is 73.4 Å². The third-order valence-corrected chi connectivity index (χ3v) is 5.75. The lowest BCUT2D eigenvalue weighted by Gasteiger charge is -2.39. The summed E-state index contributed by atoms with van der Waals surface area (Å²) in [7, 11) is 0. The molecular weight excluding hydrogens is 316 g/mol. The van der Waals surface area contributed by atoms with Gasteiger partial charge in [-0.25, -0.2) is 0 Å². The molecule has 1 fully saturated rings. The summed E-state index contributed by atoms with van der Waals surface area (Å²) in [5.74, 6) is -0.851. The first kappa shape index (κ1) is 15.9. The van der Waals surface area contributed by atoms with Gasteiger partial charge in [-0.3, -0.25) is 9.59 Å². The maximum absolute atomic E-state index is 12.5. The second-order valence-corrected chi connectivity index (χ2v) is 7.18. The van der Waals surface area contributed by atoms with Gasteiger partial charge >= 0.3 is 5.97 Å². The Bertz CT molecular complexity index is 861. The van der Waals surface area contributed by atoms with Crippen molar-refractivity contribution in [3.63, 3.8) is 0 Å². The van der Waals surface area contributed by atoms with Crippen LogP contribution in [0.2, 0.25) is 0 Å². The lowest BCUT2D eigenvalue weighted by molar-refractivity contribution is -0.159. The third kappa shape index (κ3) is 2.73. The van der Waals surface area contributed by atoms with E-state index in [9.17, 15) is 14.7 Å². The molecule has 0 radical (unpaired) electrons. The summed E-state index contributed by atoms with van der Waals surface area (Å²) in [5.41, 5.74) is 2.75. The molecule has 0 atom stereocenters. The van der Waals surface area contributed by atoms with E-state index in [1.807, 2.05) is 18.3 Å². The summed E-state index contributed by atoms with van der Waals surface area (Å²) in [6.07, 6.45) is 7.22. The van der Waals surface area contributed by atoms with Crippen molar-refractivity contribution in [2.45, 2.75) is 32.1 Å². The van der Waals surface area contributed by atoms with Gasteiger partial charge in [0.2, 0.25) is 5.91 Å². The highest BCUT2D eigenvalue weighted by Gasteiger charge is 2.46. The number of aliphatic carboxylic acids is 1. The molecule has 2 aromatic rings. The zero-order valence-electron chi connectivity index (χ0n) is 14.1. The van der Waals surface area contributed by atoms with Crippen LogP contribution in [0.25, 0.3) is 16.5 Å². The molecule has 0 saturated heterocycles. The number of hydrogen-bond acceptors (Lipinski definition) is 2. The first-order valence-electron chi connectivity index (χ1n) is 8.86. The number of aromatic nitrogens is 1. The Morgan fingerprint density at radius 2 is 2.04 bits per heavy atom. The van der Waals surface area contributed by atoms with Gasteiger partial charge in [0, 0.05) is 42.2 Å². The van der Waals surface area contributed by atoms with Gasteiger partial charge in [0.25, 0.3) is 0 Å². The van der Waals surface area contributed by atoms with Crippen LogP contribution >= 0.6 is 0 Å². The fourth-order valence-corrected chi connectivity index (χ4v) is 3.95. The van der Waals surface area contributed by atoms with Crippen molar-refractivity contribution in [1.82, 2.24) is 9.88 Å². The van der Waals surface area contributed by atoms with Crippen molar-refractivity contribution in [3.8, 4) is 0 Å². The van der Waals surface area contributed by atoms with Crippen LogP contribution in [0.4, 0.5) is 0 Å². The van der Waals surface area contributed by atoms with E-state index in [-0.39, 0.29) is 12.3 Å². The van der Waals surface area contributed by atoms with Gasteiger partial charge < -0.3 is 15.0 Å². The maximum Gasteiger partial charge on any atom is 0.310 e. The molecule has 0 unspecified atom stereocenters. The highest BCUT2D eigenvalue weighted by atomic mass is 16.4. The normalized spacial score (nSPS) is 19.4. The van der Waals surface area contributed by atoms with Crippen molar-refractivity contribution in [2.24, 2.45) is 5.41 Å². The number of para-hydroxylation sites is 1. The Balaban J connectivity index is 1.47. The van der Waals surface area contributed by atoms with Crippen LogP contribution in [0, 0.1) is 5.41 Å². The average molecular weight is 338 g/mol. The zero-order valence-corrected chi connectivity index (χ0v) is 14.1. The molecule has 25 heavy (non-hydrogen) atoms. The van der Waals surface area contributed by atoms with Crippen LogP contribution in [0.3, 0.4) is 0 Å². The number of H-pyrrole nitrogens is 1. The number of aromatic amines is 1. The maximum atomic E-state index is 12.5. The number of rotatable bonds is 4. The Labute approximate surface area is 146 Å². The smallest absolute Gasteiger partial charge is 0.310 e. The standard InChI is InChI=1S/C20H22N2O3/c23-18(12-20(19(24)25)8-3-9-20)22-10-6-14(7-11-22)16-13-21-17-5-2-1-4-15(16)17/h1-2,4-6,13,21H,3,7-12H2,(H,24,25). The van der Waals surface area contributed by atoms with E-state index >= 15 is 0 Å². The number of nitrogens with zero attached hydrogens (tertiary/aromatic N) is 1. The van der Waals surface area contributed by atoms with Crippen molar-refractivity contribution in [2.75, 3.05) is 13.1 Å². The first-order valence-corrected chi connectivity index (χ1v) is 8.86. The molecule has 5 heteroatoms. The van der Waals surface area contributed by atoms with E-state index in [4.69, 9.17) is 0 Å². The molecular formula is C20H22N2O3. The monoisotopic (exact) mass is 338 g/mol. The number of nitrogens with one attached hydrogen (secondary N) is 1. The van der Waals surface area contributed by atoms with Crippen molar-refractivity contribution >= 4 is 28.4 Å². The summed E-state index contributed by atoms with van der Waals surface area (Å²) in [6.45, 7) is 1.21. The predicted octanol–water partition coefficient (Wildman–Crippen LogP) is 3.43. The van der Waals surface area contributed by atoms with Crippen molar-refractivity contribution in [1.29, 1.82) is 0 Å². The Morgan fingerprint density at radius 3 is 2.68 bits per heavy atom. The van der Waals surface area contributed by atoms with Crippen LogP contribution in [0.5, 0.6) is 0 Å². The summed E-state index contributed by atoms with van der Waals surface area (Å²) < 4.78 is 0. The predicted molar refractivity (Wildman–Crippen MR) is 96.0 cm³/mol. The highest BCUT2D eigenvalue weighted by Crippen LogP contribution is 2.44. The molecule has 1 saturated carbocycles. The number of amides is 1. The van der Waals surface area contributed by atoms with E-state index < -0.39 is 11.4 Å². The molecule has 0 bridgehead atoms. The van der Waals surface area contributed by atoms with Crippen LogP contribution in [-0.4, -0.2) is 40.0 Å². The number of hydrogen-bond donors (Lipinski definition) is 2. The molecule has 1 amide bonds. The number of carbonyl (C=O) groups is 2. The molecule has 5 nitrogen and oxygen atoms in total. The fourth-order valence-electron chi connectivity index (χ4n) is 3.95. The van der Waals surface area contributed by atoms with Crippen LogP contribution < -0.4 is 0 Å². The average Bonchev–Trinajstić information content (AvgIpc) is 3.02. The minimum atomic E-state index is -0.820. The number of carboxylic acid groups (broad SMARTS) is 1. The minimum Gasteiger partial charge on any atom is -0.481 e. The van der Waals surface area contributed by atoms with Crippen molar-refractivity contribution in [3.05, 3.63) is 42.1 Å². The second-order valence-electron chi connectivity index (χ2n) is 7.18. The Morgan fingerprint density at radius 1 is 1.24 bits per heavy atom. The van der Waals surface area contributed by atoms with E-state index in [2.05, 4.69) is 23.2 Å². The van der Waals surface area contributed by atoms with Gasteiger partial charge in [-0.1, -0.05) is 30.7 Å². The van der Waals surface area contributed by atoms with E-state index in [0.717, 1.165) is 18.4 Å². The fraction of sp³-hybridized carbons (Fsp3) is 0.400. The quantitative estimate of drug-likeness (QED) is 0.897. The van der Waals surface area contributed by atoms with Gasteiger partial charge in [0.05, 0.1) is 5.41 Å². The summed E-state index contributed by atoms with van der Waals surface area (Å²) >= 11 is 0. The Kier molecular flexibility index (Phi) is 3.86. The number of carboxylic acids is 1. The summed E-state index contributed by atoms with van der Waals surface area (Å²) in [6, 6.07) is 8.20. The SMILES string of the molecule is O=C(CC1(C(=O)O)CCC1)N1CC=C(c2c[nH]c3ccccc23)CC1. The molecule has 1 aliphatic heterocycles. The van der Waals surface area contributed by atoms with Crippen LogP contribution in [0.15, 0.2) is 36.5 Å². The molecule has 130 valence electrons. The van der Waals surface area contributed by atoms with E-state index in [1.165, 1.54) is 16.5 Å².